The van der Waals surface area contributed by atoms with E-state index >= 15 is 0 Å². The molecule has 1 aromatic carbocycles. The summed E-state index contributed by atoms with van der Waals surface area (Å²) in [7, 11) is 4.92. The summed E-state index contributed by atoms with van der Waals surface area (Å²) in [4.78, 5) is 2.70. The number of likely N-dealkylation sites (N-methyl/N-ethyl adjacent to an activating group) is 1. The first-order chi connectivity index (χ1) is 14.2. The average molecular weight is 409 g/mol. The maximum atomic E-state index is 6.25. The second-order valence-electron chi connectivity index (χ2n) is 8.19. The van der Waals surface area contributed by atoms with Gasteiger partial charge in [0.1, 0.15) is 0 Å². The van der Waals surface area contributed by atoms with Crippen molar-refractivity contribution in [1.82, 2.24) is 10.2 Å². The van der Waals surface area contributed by atoms with Gasteiger partial charge in [0.2, 0.25) is 0 Å². The zero-order valence-corrected chi connectivity index (χ0v) is 18.5. The molecule has 2 aliphatic carbocycles. The highest BCUT2D eigenvalue weighted by Gasteiger charge is 2.48. The Morgan fingerprint density at radius 3 is 2.69 bits per heavy atom. The van der Waals surface area contributed by atoms with Gasteiger partial charge in [-0.2, -0.15) is 0 Å². The average Bonchev–Trinajstić information content (AvgIpc) is 2.77. The van der Waals surface area contributed by atoms with Crippen LogP contribution in [0.5, 0.6) is 0 Å². The van der Waals surface area contributed by atoms with Crippen molar-refractivity contribution in [3.63, 3.8) is 0 Å². The summed E-state index contributed by atoms with van der Waals surface area (Å²) in [6.45, 7) is 2.68. The zero-order valence-electron chi connectivity index (χ0n) is 17.3. The van der Waals surface area contributed by atoms with Gasteiger partial charge in [0, 0.05) is 25.6 Å². The molecule has 1 fully saturated rings. The maximum Gasteiger partial charge on any atom is 0.0840 e. The number of ether oxygens (including phenoxy) is 1. The Bertz CT molecular complexity index is 800. The predicted octanol–water partition coefficient (Wildman–Crippen LogP) is 4.41. The maximum absolute atomic E-state index is 6.25. The van der Waals surface area contributed by atoms with Gasteiger partial charge in [-0.3, -0.25) is 4.90 Å². The Morgan fingerprint density at radius 2 is 2.00 bits per heavy atom. The molecule has 0 radical (unpaired) electrons. The number of hydrogen-bond acceptors (Lipinski definition) is 3. The van der Waals surface area contributed by atoms with Crippen LogP contribution in [0.2, 0.25) is 0 Å². The second kappa shape index (κ2) is 9.53. The molecule has 0 aromatic heterocycles. The highest BCUT2D eigenvalue weighted by molar-refractivity contribution is 7.17. The van der Waals surface area contributed by atoms with Gasteiger partial charge in [0.05, 0.1) is 17.5 Å². The van der Waals surface area contributed by atoms with Gasteiger partial charge in [-0.25, -0.2) is 0 Å². The molecule has 1 heterocycles. The van der Waals surface area contributed by atoms with E-state index in [-0.39, 0.29) is 17.5 Å². The highest BCUT2D eigenvalue weighted by Crippen LogP contribution is 2.48. The van der Waals surface area contributed by atoms with E-state index in [9.17, 15) is 0 Å². The Hall–Kier alpha value is -1.51. The van der Waals surface area contributed by atoms with Gasteiger partial charge >= 0.3 is 0 Å². The molecule has 4 rings (SSSR count). The van der Waals surface area contributed by atoms with Crippen molar-refractivity contribution in [2.75, 3.05) is 26.7 Å². The fraction of sp³-hybridized carbons (Fsp3) is 0.440. The summed E-state index contributed by atoms with van der Waals surface area (Å²) >= 11 is 0. The standard InChI is InChI=1S/C25H33N2OP/c1-26-17-23-18-27(19-24(29)28-23)25(20-11-5-2-6-12-20,21-13-7-3-8-14-21)22-15-9-4-10-16-22/h2-3,5-9,11-13,15-16,21,23-24,26H,4,10,14,17-19,29H2,1H3/t21-,23?,24?,25?/m0/s1. The minimum absolute atomic E-state index is 0.126. The molecule has 0 saturated carbocycles. The summed E-state index contributed by atoms with van der Waals surface area (Å²) in [5, 5.41) is 3.31. The van der Waals surface area contributed by atoms with Gasteiger partial charge in [-0.15, -0.1) is 9.24 Å². The summed E-state index contributed by atoms with van der Waals surface area (Å²) in [6.07, 6.45) is 19.8. The number of benzene rings is 1. The first kappa shape index (κ1) is 20.8. The molecular formula is C25H33N2OP. The molecule has 0 amide bonds. The molecule has 1 aromatic rings. The number of nitrogens with zero attached hydrogens (tertiary/aromatic N) is 1. The molecule has 154 valence electrons. The zero-order chi connectivity index (χ0) is 20.1. The molecule has 0 spiro atoms. The van der Waals surface area contributed by atoms with Crippen LogP contribution in [-0.2, 0) is 10.3 Å². The van der Waals surface area contributed by atoms with Crippen LogP contribution in [0.4, 0.5) is 0 Å². The monoisotopic (exact) mass is 408 g/mol. The van der Waals surface area contributed by atoms with Crippen molar-refractivity contribution < 1.29 is 4.74 Å². The van der Waals surface area contributed by atoms with Crippen molar-refractivity contribution in [3.8, 4) is 0 Å². The number of rotatable bonds is 6. The second-order valence-corrected chi connectivity index (χ2v) is 8.93. The largest absolute Gasteiger partial charge is 0.367 e. The molecule has 4 heteroatoms. The Kier molecular flexibility index (Phi) is 6.82. The molecule has 29 heavy (non-hydrogen) atoms. The van der Waals surface area contributed by atoms with E-state index in [4.69, 9.17) is 4.74 Å². The number of morpholine rings is 1. The van der Waals surface area contributed by atoms with Crippen LogP contribution in [-0.4, -0.2) is 43.5 Å². The molecule has 5 atom stereocenters. The normalized spacial score (nSPS) is 29.4. The SMILES string of the molecule is CNCC1CN(C(C2=CCCC=C2)(c2ccccc2)[C@H]2C=CC=CC2)CC(P)O1. The van der Waals surface area contributed by atoms with Crippen LogP contribution in [0, 0.1) is 5.92 Å². The van der Waals surface area contributed by atoms with Gasteiger partial charge < -0.3 is 10.1 Å². The highest BCUT2D eigenvalue weighted by atomic mass is 31.0. The Labute approximate surface area is 177 Å². The fourth-order valence-electron chi connectivity index (χ4n) is 5.17. The number of nitrogens with one attached hydrogen (secondary N) is 1. The molecule has 4 unspecified atom stereocenters. The third kappa shape index (κ3) is 4.20. The number of allylic oxidation sites excluding steroid dienone is 5. The van der Waals surface area contributed by atoms with Crippen LogP contribution in [0.1, 0.15) is 24.8 Å². The smallest absolute Gasteiger partial charge is 0.0840 e. The van der Waals surface area contributed by atoms with E-state index in [0.717, 1.165) is 38.9 Å². The molecule has 3 aliphatic rings. The third-order valence-electron chi connectivity index (χ3n) is 6.29. The van der Waals surface area contributed by atoms with Gasteiger partial charge in [0.15, 0.2) is 0 Å². The van der Waals surface area contributed by atoms with E-state index in [1.807, 2.05) is 7.05 Å². The van der Waals surface area contributed by atoms with Crippen LogP contribution in [0.25, 0.3) is 0 Å². The summed E-state index contributed by atoms with van der Waals surface area (Å²) in [5.41, 5.74) is 2.62. The fourth-order valence-corrected chi connectivity index (χ4v) is 5.65. The van der Waals surface area contributed by atoms with Crippen molar-refractivity contribution in [3.05, 3.63) is 84.0 Å². The van der Waals surface area contributed by atoms with E-state index < -0.39 is 0 Å². The molecular weight excluding hydrogens is 375 g/mol. The quantitative estimate of drug-likeness (QED) is 0.706. The minimum atomic E-state index is -0.190. The van der Waals surface area contributed by atoms with Crippen LogP contribution >= 0.6 is 9.24 Å². The van der Waals surface area contributed by atoms with Gasteiger partial charge in [0.25, 0.3) is 0 Å². The number of hydrogen-bond donors (Lipinski definition) is 1. The van der Waals surface area contributed by atoms with E-state index in [1.54, 1.807) is 0 Å². The topological polar surface area (TPSA) is 24.5 Å². The third-order valence-corrected chi connectivity index (χ3v) is 6.66. The summed E-state index contributed by atoms with van der Waals surface area (Å²) in [6, 6.07) is 11.1. The van der Waals surface area contributed by atoms with Crippen molar-refractivity contribution >= 4 is 9.24 Å². The van der Waals surface area contributed by atoms with E-state index in [2.05, 4.69) is 92.3 Å². The lowest BCUT2D eigenvalue weighted by Crippen LogP contribution is -2.60. The van der Waals surface area contributed by atoms with Crippen LogP contribution in [0.3, 0.4) is 0 Å². The van der Waals surface area contributed by atoms with Gasteiger partial charge in [-0.05, 0) is 37.4 Å². The lowest BCUT2D eigenvalue weighted by molar-refractivity contribution is -0.0846. The predicted molar refractivity (Wildman–Crippen MR) is 125 cm³/mol. The van der Waals surface area contributed by atoms with Crippen molar-refractivity contribution in [2.24, 2.45) is 5.92 Å². The molecule has 1 aliphatic heterocycles. The van der Waals surface area contributed by atoms with Crippen molar-refractivity contribution in [2.45, 2.75) is 36.8 Å². The lowest BCUT2D eigenvalue weighted by Gasteiger charge is -2.54. The summed E-state index contributed by atoms with van der Waals surface area (Å²) < 4.78 is 6.25. The van der Waals surface area contributed by atoms with E-state index in [1.165, 1.54) is 11.1 Å². The summed E-state index contributed by atoms with van der Waals surface area (Å²) in [5.74, 6) is 0.510. The Balaban J connectivity index is 1.87. The first-order valence-electron chi connectivity index (χ1n) is 10.8. The first-order valence-corrected chi connectivity index (χ1v) is 11.5. The minimum Gasteiger partial charge on any atom is -0.367 e. The molecule has 1 saturated heterocycles. The van der Waals surface area contributed by atoms with E-state index in [0.29, 0.717) is 5.92 Å². The van der Waals surface area contributed by atoms with Gasteiger partial charge in [-0.1, -0.05) is 72.9 Å². The molecule has 1 N–H and O–H groups in total. The molecule has 0 bridgehead atoms. The molecule has 3 nitrogen and oxygen atoms in total. The van der Waals surface area contributed by atoms with Crippen molar-refractivity contribution in [1.29, 1.82) is 0 Å². The van der Waals surface area contributed by atoms with Crippen LogP contribution < -0.4 is 5.32 Å². The van der Waals surface area contributed by atoms with Crippen LogP contribution in [0.15, 0.2) is 78.4 Å². The lowest BCUT2D eigenvalue weighted by atomic mass is 9.67. The Morgan fingerprint density at radius 1 is 1.14 bits per heavy atom.